The third-order valence-electron chi connectivity index (χ3n) is 3.72. The standard InChI is InChI=1S/C19H18F4O3/c20-18(21)25-16-7-3-1-5-13(16)9-11-15(24)12-10-14-6-2-4-8-17(14)26-19(22)23/h1-8,18-19H,9-12H2. The van der Waals surface area contributed by atoms with Crippen molar-refractivity contribution in [2.24, 2.45) is 0 Å². The molecule has 0 atom stereocenters. The highest BCUT2D eigenvalue weighted by atomic mass is 19.3. The van der Waals surface area contributed by atoms with Gasteiger partial charge in [0.15, 0.2) is 0 Å². The first kappa shape index (κ1) is 19.8. The molecule has 0 N–H and O–H groups in total. The molecule has 0 aromatic heterocycles. The van der Waals surface area contributed by atoms with Crippen LogP contribution >= 0.6 is 0 Å². The summed E-state index contributed by atoms with van der Waals surface area (Å²) in [4.78, 5) is 12.1. The summed E-state index contributed by atoms with van der Waals surface area (Å²) in [5.74, 6) is -0.0133. The Hall–Kier alpha value is -2.57. The van der Waals surface area contributed by atoms with Gasteiger partial charge in [0.2, 0.25) is 0 Å². The van der Waals surface area contributed by atoms with E-state index in [9.17, 15) is 22.4 Å². The van der Waals surface area contributed by atoms with Crippen molar-refractivity contribution in [2.45, 2.75) is 38.9 Å². The van der Waals surface area contributed by atoms with Gasteiger partial charge >= 0.3 is 13.2 Å². The minimum Gasteiger partial charge on any atom is -0.435 e. The molecule has 0 bridgehead atoms. The summed E-state index contributed by atoms with van der Waals surface area (Å²) in [5, 5.41) is 0. The van der Waals surface area contributed by atoms with Crippen molar-refractivity contribution in [2.75, 3.05) is 0 Å². The van der Waals surface area contributed by atoms with Crippen molar-refractivity contribution in [3.05, 3.63) is 59.7 Å². The van der Waals surface area contributed by atoms with Crippen LogP contribution < -0.4 is 9.47 Å². The number of carbonyl (C=O) groups is 1. The number of alkyl halides is 4. The highest BCUT2D eigenvalue weighted by Gasteiger charge is 2.13. The molecule has 2 rings (SSSR count). The van der Waals surface area contributed by atoms with Gasteiger partial charge in [0.05, 0.1) is 0 Å². The minimum absolute atomic E-state index is 0.0472. The van der Waals surface area contributed by atoms with Crippen LogP contribution in [0.15, 0.2) is 48.5 Å². The topological polar surface area (TPSA) is 35.5 Å². The molecule has 0 saturated heterocycles. The van der Waals surface area contributed by atoms with Crippen molar-refractivity contribution in [1.82, 2.24) is 0 Å². The Labute approximate surface area is 148 Å². The monoisotopic (exact) mass is 370 g/mol. The molecule has 2 aromatic carbocycles. The van der Waals surface area contributed by atoms with E-state index in [4.69, 9.17) is 0 Å². The van der Waals surface area contributed by atoms with Gasteiger partial charge < -0.3 is 9.47 Å². The van der Waals surface area contributed by atoms with Crippen LogP contribution in [0.4, 0.5) is 17.6 Å². The molecular formula is C19H18F4O3. The predicted molar refractivity (Wildman–Crippen MR) is 87.8 cm³/mol. The van der Waals surface area contributed by atoms with Crippen molar-refractivity contribution in [3.63, 3.8) is 0 Å². The second-order valence-electron chi connectivity index (χ2n) is 5.51. The van der Waals surface area contributed by atoms with Crippen LogP contribution in [-0.2, 0) is 17.6 Å². The van der Waals surface area contributed by atoms with Gasteiger partial charge in [0.25, 0.3) is 0 Å². The average molecular weight is 370 g/mol. The zero-order chi connectivity index (χ0) is 18.9. The van der Waals surface area contributed by atoms with Crippen molar-refractivity contribution < 1.29 is 31.8 Å². The summed E-state index contributed by atoms with van der Waals surface area (Å²) >= 11 is 0. The molecule has 0 saturated carbocycles. The Morgan fingerprint density at radius 2 is 1.12 bits per heavy atom. The number of carbonyl (C=O) groups excluding carboxylic acids is 1. The molecule has 0 fully saturated rings. The summed E-state index contributed by atoms with van der Waals surface area (Å²) in [5.41, 5.74) is 1.03. The maximum absolute atomic E-state index is 12.4. The van der Waals surface area contributed by atoms with Crippen LogP contribution in [0.2, 0.25) is 0 Å². The highest BCUT2D eigenvalue weighted by molar-refractivity contribution is 5.79. The van der Waals surface area contributed by atoms with Gasteiger partial charge in [-0.15, -0.1) is 0 Å². The molecule has 0 aliphatic rings. The zero-order valence-corrected chi connectivity index (χ0v) is 13.8. The summed E-state index contributed by atoms with van der Waals surface area (Å²) < 4.78 is 58.4. The van der Waals surface area contributed by atoms with Crippen LogP contribution in [0.5, 0.6) is 11.5 Å². The fraction of sp³-hybridized carbons (Fsp3) is 0.316. The minimum atomic E-state index is -2.93. The highest BCUT2D eigenvalue weighted by Crippen LogP contribution is 2.24. The number of halogens is 4. The lowest BCUT2D eigenvalue weighted by atomic mass is 10.0. The van der Waals surface area contributed by atoms with Crippen LogP contribution in [0.25, 0.3) is 0 Å². The molecule has 0 spiro atoms. The van der Waals surface area contributed by atoms with Crippen molar-refractivity contribution in [3.8, 4) is 11.5 Å². The number of para-hydroxylation sites is 2. The van der Waals surface area contributed by atoms with Gasteiger partial charge in [-0.2, -0.15) is 17.6 Å². The summed E-state index contributed by atoms with van der Waals surface area (Å²) in [7, 11) is 0. The fourth-order valence-electron chi connectivity index (χ4n) is 2.52. The van der Waals surface area contributed by atoms with E-state index >= 15 is 0 Å². The van der Waals surface area contributed by atoms with E-state index < -0.39 is 13.2 Å². The normalized spacial score (nSPS) is 11.0. The summed E-state index contributed by atoms with van der Waals surface area (Å²) in [6.07, 6.45) is 0.802. The smallest absolute Gasteiger partial charge is 0.387 e. The number of benzene rings is 2. The molecule has 0 radical (unpaired) electrons. The second kappa shape index (κ2) is 9.79. The van der Waals surface area contributed by atoms with Crippen LogP contribution in [-0.4, -0.2) is 19.0 Å². The van der Waals surface area contributed by atoms with Gasteiger partial charge in [-0.3, -0.25) is 4.79 Å². The molecule has 26 heavy (non-hydrogen) atoms. The third-order valence-corrected chi connectivity index (χ3v) is 3.72. The number of aryl methyl sites for hydroxylation is 2. The lowest BCUT2D eigenvalue weighted by Crippen LogP contribution is -2.08. The number of rotatable bonds is 10. The number of hydrogen-bond donors (Lipinski definition) is 0. The molecule has 0 heterocycles. The lowest BCUT2D eigenvalue weighted by Gasteiger charge is -2.11. The molecule has 3 nitrogen and oxygen atoms in total. The predicted octanol–water partition coefficient (Wildman–Crippen LogP) is 5.02. The second-order valence-corrected chi connectivity index (χ2v) is 5.51. The maximum Gasteiger partial charge on any atom is 0.387 e. The van der Waals surface area contributed by atoms with Gasteiger partial charge in [-0.25, -0.2) is 0 Å². The van der Waals surface area contributed by atoms with E-state index in [0.717, 1.165) is 0 Å². The van der Waals surface area contributed by atoms with E-state index in [-0.39, 0.29) is 43.0 Å². The van der Waals surface area contributed by atoms with Gasteiger partial charge in [-0.1, -0.05) is 36.4 Å². The molecule has 140 valence electrons. The quantitative estimate of drug-likeness (QED) is 0.551. The van der Waals surface area contributed by atoms with Crippen molar-refractivity contribution >= 4 is 5.78 Å². The average Bonchev–Trinajstić information content (AvgIpc) is 2.59. The lowest BCUT2D eigenvalue weighted by molar-refractivity contribution is -0.119. The Morgan fingerprint density at radius 1 is 0.731 bits per heavy atom. The third kappa shape index (κ3) is 6.38. The van der Waals surface area contributed by atoms with Crippen LogP contribution in [0.1, 0.15) is 24.0 Å². The zero-order valence-electron chi connectivity index (χ0n) is 13.8. The maximum atomic E-state index is 12.4. The number of ketones is 1. The van der Waals surface area contributed by atoms with E-state index in [1.165, 1.54) is 12.1 Å². The number of ether oxygens (including phenoxy) is 2. The van der Waals surface area contributed by atoms with Crippen LogP contribution in [0, 0.1) is 0 Å². The largest absolute Gasteiger partial charge is 0.435 e. The van der Waals surface area contributed by atoms with E-state index in [1.54, 1.807) is 36.4 Å². The molecule has 2 aromatic rings. The summed E-state index contributed by atoms with van der Waals surface area (Å²) in [6.45, 7) is -5.86. The fourth-order valence-corrected chi connectivity index (χ4v) is 2.52. The van der Waals surface area contributed by atoms with Gasteiger partial charge in [0.1, 0.15) is 17.3 Å². The number of Topliss-reactive ketones (excluding diaryl/α,β-unsaturated/α-hetero) is 1. The first-order chi connectivity index (χ1) is 12.5. The van der Waals surface area contributed by atoms with E-state index in [0.29, 0.717) is 11.1 Å². The molecule has 0 unspecified atom stereocenters. The Kier molecular flexibility index (Phi) is 7.44. The number of hydrogen-bond acceptors (Lipinski definition) is 3. The van der Waals surface area contributed by atoms with Crippen molar-refractivity contribution in [1.29, 1.82) is 0 Å². The Bertz CT molecular complexity index is 660. The first-order valence-corrected chi connectivity index (χ1v) is 8.03. The molecule has 0 aliphatic carbocycles. The van der Waals surface area contributed by atoms with Crippen LogP contribution in [0.3, 0.4) is 0 Å². The van der Waals surface area contributed by atoms with E-state index in [2.05, 4.69) is 9.47 Å². The Morgan fingerprint density at radius 3 is 1.50 bits per heavy atom. The summed E-state index contributed by atoms with van der Waals surface area (Å²) in [6, 6.07) is 12.6. The molecule has 0 amide bonds. The molecular weight excluding hydrogens is 352 g/mol. The van der Waals surface area contributed by atoms with Gasteiger partial charge in [0, 0.05) is 12.8 Å². The Balaban J connectivity index is 1.89. The van der Waals surface area contributed by atoms with Gasteiger partial charge in [-0.05, 0) is 36.1 Å². The van der Waals surface area contributed by atoms with E-state index in [1.807, 2.05) is 0 Å². The first-order valence-electron chi connectivity index (χ1n) is 8.03. The molecule has 7 heteroatoms. The SMILES string of the molecule is O=C(CCc1ccccc1OC(F)F)CCc1ccccc1OC(F)F. The molecule has 0 aliphatic heterocycles.